The monoisotopic (exact) mass is 288 g/mol. The van der Waals surface area contributed by atoms with Crippen LogP contribution < -0.4 is 0 Å². The van der Waals surface area contributed by atoms with Gasteiger partial charge in [-0.15, -0.1) is 0 Å². The molecule has 0 bridgehead atoms. The quantitative estimate of drug-likeness (QED) is 0.591. The first-order valence-corrected chi connectivity index (χ1v) is 7.64. The number of hydrogen-bond donors (Lipinski definition) is 0. The summed E-state index contributed by atoms with van der Waals surface area (Å²) in [4.78, 5) is 9.36. The van der Waals surface area contributed by atoms with E-state index in [-0.39, 0.29) is 0 Å². The molecule has 0 saturated heterocycles. The molecule has 2 nitrogen and oxygen atoms in total. The molecule has 2 heteroatoms. The number of benzene rings is 2. The van der Waals surface area contributed by atoms with Gasteiger partial charge in [-0.2, -0.15) is 0 Å². The maximum absolute atomic E-state index is 4.72. The number of pyridine rings is 1. The van der Waals surface area contributed by atoms with Crippen molar-refractivity contribution in [3.63, 3.8) is 0 Å². The Bertz CT molecular complexity index is 832. The van der Waals surface area contributed by atoms with E-state index < -0.39 is 0 Å². The van der Waals surface area contributed by atoms with Crippen LogP contribution in [0.4, 0.5) is 5.69 Å². The van der Waals surface area contributed by atoms with E-state index in [0.29, 0.717) is 5.92 Å². The van der Waals surface area contributed by atoms with Crippen molar-refractivity contribution in [3.05, 3.63) is 71.4 Å². The molecular weight excluding hydrogens is 268 g/mol. The van der Waals surface area contributed by atoms with Crippen LogP contribution in [0.1, 0.15) is 36.6 Å². The van der Waals surface area contributed by atoms with Crippen LogP contribution in [0.5, 0.6) is 0 Å². The Balaban J connectivity index is 1.99. The number of para-hydroxylation sites is 2. The zero-order valence-corrected chi connectivity index (χ0v) is 13.2. The van der Waals surface area contributed by atoms with Crippen LogP contribution in [0.15, 0.2) is 59.6 Å². The topological polar surface area (TPSA) is 25.2 Å². The normalized spacial score (nSPS) is 11.6. The van der Waals surface area contributed by atoms with Crippen molar-refractivity contribution in [3.8, 4) is 0 Å². The van der Waals surface area contributed by atoms with Crippen molar-refractivity contribution in [1.29, 1.82) is 0 Å². The summed E-state index contributed by atoms with van der Waals surface area (Å²) in [5, 5.41) is 1.15. The second kappa shape index (κ2) is 6.10. The highest BCUT2D eigenvalue weighted by Gasteiger charge is 2.07. The van der Waals surface area contributed by atoms with E-state index in [9.17, 15) is 0 Å². The van der Waals surface area contributed by atoms with Gasteiger partial charge >= 0.3 is 0 Å². The SMILES string of the molecule is Cc1cccc(C(C)C)c1N=Cc1ccc2ccccc2n1. The summed E-state index contributed by atoms with van der Waals surface area (Å²) in [6, 6.07) is 18.6. The van der Waals surface area contributed by atoms with Crippen molar-refractivity contribution in [1.82, 2.24) is 4.98 Å². The molecule has 110 valence electrons. The molecule has 0 aliphatic heterocycles. The lowest BCUT2D eigenvalue weighted by atomic mass is 9.98. The highest BCUT2D eigenvalue weighted by molar-refractivity contribution is 5.86. The van der Waals surface area contributed by atoms with Gasteiger partial charge in [-0.1, -0.05) is 56.3 Å². The fraction of sp³-hybridized carbons (Fsp3) is 0.200. The van der Waals surface area contributed by atoms with Crippen LogP contribution >= 0.6 is 0 Å². The minimum Gasteiger partial charge on any atom is -0.254 e. The van der Waals surface area contributed by atoms with Crippen molar-refractivity contribution in [2.75, 3.05) is 0 Å². The van der Waals surface area contributed by atoms with Crippen molar-refractivity contribution >= 4 is 22.8 Å². The molecule has 0 amide bonds. The third-order valence-electron chi connectivity index (χ3n) is 3.84. The molecule has 0 unspecified atom stereocenters. The molecule has 0 aliphatic rings. The number of aryl methyl sites for hydroxylation is 1. The summed E-state index contributed by atoms with van der Waals surface area (Å²) in [7, 11) is 0. The molecular formula is C20H20N2. The van der Waals surface area contributed by atoms with Crippen LogP contribution in [0.25, 0.3) is 10.9 Å². The molecule has 0 saturated carbocycles. The second-order valence-corrected chi connectivity index (χ2v) is 5.85. The van der Waals surface area contributed by atoms with Gasteiger partial charge in [0.05, 0.1) is 23.1 Å². The molecule has 0 spiro atoms. The Labute approximate surface area is 131 Å². The lowest BCUT2D eigenvalue weighted by Gasteiger charge is -2.11. The zero-order valence-electron chi connectivity index (χ0n) is 13.2. The average Bonchev–Trinajstić information content (AvgIpc) is 2.53. The van der Waals surface area contributed by atoms with Crippen LogP contribution in [0.2, 0.25) is 0 Å². The van der Waals surface area contributed by atoms with E-state index in [1.165, 1.54) is 11.1 Å². The van der Waals surface area contributed by atoms with Gasteiger partial charge in [-0.05, 0) is 36.1 Å². The fourth-order valence-corrected chi connectivity index (χ4v) is 2.61. The third kappa shape index (κ3) is 2.91. The minimum atomic E-state index is 0.455. The molecule has 0 radical (unpaired) electrons. The second-order valence-electron chi connectivity index (χ2n) is 5.85. The smallest absolute Gasteiger partial charge is 0.0820 e. The molecule has 1 heterocycles. The number of aromatic nitrogens is 1. The van der Waals surface area contributed by atoms with Crippen LogP contribution in [0, 0.1) is 6.92 Å². The Morgan fingerprint density at radius 3 is 2.59 bits per heavy atom. The Hall–Kier alpha value is -2.48. The molecule has 3 rings (SSSR count). The standard InChI is InChI=1S/C20H20N2/c1-14(2)18-9-6-7-15(3)20(18)21-13-17-12-11-16-8-4-5-10-19(16)22-17/h4-14H,1-3H3. The minimum absolute atomic E-state index is 0.455. The third-order valence-corrected chi connectivity index (χ3v) is 3.84. The predicted molar refractivity (Wildman–Crippen MR) is 94.3 cm³/mol. The molecule has 0 atom stereocenters. The highest BCUT2D eigenvalue weighted by atomic mass is 14.8. The summed E-state index contributed by atoms with van der Waals surface area (Å²) in [5.74, 6) is 0.455. The largest absolute Gasteiger partial charge is 0.254 e. The average molecular weight is 288 g/mol. The number of nitrogens with zero attached hydrogens (tertiary/aromatic N) is 2. The Morgan fingerprint density at radius 1 is 0.955 bits per heavy atom. The maximum atomic E-state index is 4.72. The Kier molecular flexibility index (Phi) is 4.01. The van der Waals surface area contributed by atoms with Gasteiger partial charge in [0.1, 0.15) is 0 Å². The number of aliphatic imine (C=N–C) groups is 1. The van der Waals surface area contributed by atoms with Crippen LogP contribution in [-0.4, -0.2) is 11.2 Å². The van der Waals surface area contributed by atoms with E-state index in [1.54, 1.807) is 0 Å². The molecule has 0 N–H and O–H groups in total. The summed E-state index contributed by atoms with van der Waals surface area (Å²) in [6.07, 6.45) is 1.86. The fourth-order valence-electron chi connectivity index (χ4n) is 2.61. The maximum Gasteiger partial charge on any atom is 0.0820 e. The molecule has 0 aliphatic carbocycles. The first-order chi connectivity index (χ1) is 10.6. The van der Waals surface area contributed by atoms with Gasteiger partial charge in [0.15, 0.2) is 0 Å². The molecule has 3 aromatic rings. The van der Waals surface area contributed by atoms with Gasteiger partial charge in [0, 0.05) is 5.39 Å². The first kappa shape index (κ1) is 14.5. The van der Waals surface area contributed by atoms with Crippen molar-refractivity contribution in [2.24, 2.45) is 4.99 Å². The molecule has 1 aromatic heterocycles. The molecule has 22 heavy (non-hydrogen) atoms. The zero-order chi connectivity index (χ0) is 15.5. The Morgan fingerprint density at radius 2 is 1.77 bits per heavy atom. The van der Waals surface area contributed by atoms with E-state index in [0.717, 1.165) is 22.3 Å². The molecule has 0 fully saturated rings. The number of hydrogen-bond acceptors (Lipinski definition) is 2. The van der Waals surface area contributed by atoms with E-state index >= 15 is 0 Å². The highest BCUT2D eigenvalue weighted by Crippen LogP contribution is 2.29. The first-order valence-electron chi connectivity index (χ1n) is 7.64. The van der Waals surface area contributed by atoms with Gasteiger partial charge < -0.3 is 0 Å². The van der Waals surface area contributed by atoms with Crippen molar-refractivity contribution in [2.45, 2.75) is 26.7 Å². The van der Waals surface area contributed by atoms with E-state index in [1.807, 2.05) is 30.5 Å². The summed E-state index contributed by atoms with van der Waals surface area (Å²) < 4.78 is 0. The van der Waals surface area contributed by atoms with Crippen LogP contribution in [0.3, 0.4) is 0 Å². The summed E-state index contributed by atoms with van der Waals surface area (Å²) in [5.41, 5.74) is 5.42. The van der Waals surface area contributed by atoms with Gasteiger partial charge in [-0.3, -0.25) is 4.99 Å². The van der Waals surface area contributed by atoms with E-state index in [2.05, 4.69) is 56.1 Å². The molecule has 2 aromatic carbocycles. The number of rotatable bonds is 3. The predicted octanol–water partition coefficient (Wildman–Crippen LogP) is 5.42. The van der Waals surface area contributed by atoms with Crippen LogP contribution in [-0.2, 0) is 0 Å². The van der Waals surface area contributed by atoms with E-state index in [4.69, 9.17) is 4.99 Å². The lowest BCUT2D eigenvalue weighted by Crippen LogP contribution is -1.92. The van der Waals surface area contributed by atoms with Gasteiger partial charge in [-0.25, -0.2) is 4.98 Å². The summed E-state index contributed by atoms with van der Waals surface area (Å²) >= 11 is 0. The van der Waals surface area contributed by atoms with Gasteiger partial charge in [0.25, 0.3) is 0 Å². The van der Waals surface area contributed by atoms with Crippen molar-refractivity contribution < 1.29 is 0 Å². The van der Waals surface area contributed by atoms with Gasteiger partial charge in [0.2, 0.25) is 0 Å². The lowest BCUT2D eigenvalue weighted by molar-refractivity contribution is 0.865. The summed E-state index contributed by atoms with van der Waals surface area (Å²) in [6.45, 7) is 6.50. The number of fused-ring (bicyclic) bond motifs is 1.